The molecule has 0 bridgehead atoms. The number of hydrogen-bond donors (Lipinski definition) is 1. The Bertz CT molecular complexity index is 32.6. The molecule has 0 saturated carbocycles. The van der Waals surface area contributed by atoms with E-state index in [0.29, 0.717) is 0 Å². The van der Waals surface area contributed by atoms with Crippen molar-refractivity contribution in [1.82, 2.24) is 0 Å². The topological polar surface area (TPSA) is 17.1 Å². The largest absolute Gasteiger partial charge is 0.288 e. The summed E-state index contributed by atoms with van der Waals surface area (Å²) in [5, 5.41) is -0.139. The van der Waals surface area contributed by atoms with Crippen LogP contribution in [0.15, 0.2) is 0 Å². The number of carbonyl (C=O) groups excluding carboxylic acids is 1. The van der Waals surface area contributed by atoms with Crippen LogP contribution >= 0.6 is 12.6 Å². The smallest absolute Gasteiger partial charge is 0.182 e. The van der Waals surface area contributed by atoms with E-state index in [-0.39, 0.29) is 22.2 Å². The Morgan fingerprint density at radius 2 is 1.80 bits per heavy atom. The van der Waals surface area contributed by atoms with E-state index in [9.17, 15) is 4.79 Å². The zero-order chi connectivity index (χ0) is 3.58. The predicted molar refractivity (Wildman–Crippen MR) is 19.7 cm³/mol. The second kappa shape index (κ2) is 4.54. The number of carbonyl (C=O) groups is 1. The van der Waals surface area contributed by atoms with Gasteiger partial charge < -0.3 is 0 Å². The molecule has 0 fully saturated rings. The van der Waals surface area contributed by atoms with Crippen molar-refractivity contribution in [2.75, 3.05) is 0 Å². The van der Waals surface area contributed by atoms with E-state index in [1.807, 2.05) is 0 Å². The molecule has 0 unspecified atom stereocenters. The summed E-state index contributed by atoms with van der Waals surface area (Å²) in [6, 6.07) is 0. The molecular weight excluding hydrogens is 128 g/mol. The van der Waals surface area contributed by atoms with E-state index in [1.54, 1.807) is 0 Å². The maximum atomic E-state index is 9.31. The first-order valence-corrected chi connectivity index (χ1v) is 1.37. The second-order valence-corrected chi connectivity index (χ2v) is 1.15. The Hall–Kier alpha value is 0.539. The van der Waals surface area contributed by atoms with E-state index in [4.69, 9.17) is 0 Å². The third kappa shape index (κ3) is 101. The Kier molecular flexibility index (Phi) is 8.27. The van der Waals surface area contributed by atoms with Crippen LogP contribution in [0.5, 0.6) is 0 Å². The molecule has 0 rings (SSSR count). The predicted octanol–water partition coefficient (Wildman–Crippen LogP) is 0.460. The summed E-state index contributed by atoms with van der Waals surface area (Å²) < 4.78 is 0. The third-order valence-corrected chi connectivity index (χ3v) is 0. The molecule has 0 heterocycles. The van der Waals surface area contributed by atoms with Crippen molar-refractivity contribution in [2.45, 2.75) is 6.92 Å². The fraction of sp³-hybridized carbons (Fsp3) is 0.500. The Balaban J connectivity index is 0. The zero-order valence-corrected chi connectivity index (χ0v) is 4.71. The summed E-state index contributed by atoms with van der Waals surface area (Å²) in [5.74, 6) is 0. The van der Waals surface area contributed by atoms with Crippen LogP contribution in [0, 0.1) is 0 Å². The Morgan fingerprint density at radius 3 is 1.80 bits per heavy atom. The minimum absolute atomic E-state index is 0. The summed E-state index contributed by atoms with van der Waals surface area (Å²) in [7, 11) is 0. The van der Waals surface area contributed by atoms with Crippen LogP contribution in [-0.2, 0) is 21.9 Å². The van der Waals surface area contributed by atoms with Gasteiger partial charge >= 0.3 is 0 Å². The average Bonchev–Trinajstić information content (AvgIpc) is 0.811. The van der Waals surface area contributed by atoms with Crippen LogP contribution in [0.25, 0.3) is 0 Å². The first kappa shape index (κ1) is 9.11. The van der Waals surface area contributed by atoms with Crippen molar-refractivity contribution >= 4 is 17.7 Å². The fourth-order valence-corrected chi connectivity index (χ4v) is 0. The maximum absolute atomic E-state index is 9.31. The molecule has 0 N–H and O–H groups in total. The first-order chi connectivity index (χ1) is 1.73. The molecule has 0 aromatic heterocycles. The van der Waals surface area contributed by atoms with Crippen LogP contribution < -0.4 is 0 Å². The molecule has 5 heavy (non-hydrogen) atoms. The van der Waals surface area contributed by atoms with E-state index >= 15 is 0 Å². The summed E-state index contributed by atoms with van der Waals surface area (Å²) in [6.45, 7) is 1.39. The van der Waals surface area contributed by atoms with Gasteiger partial charge in [-0.25, -0.2) is 0 Å². The minimum atomic E-state index is -0.139. The van der Waals surface area contributed by atoms with Crippen LogP contribution in [-0.4, -0.2) is 5.12 Å². The molecule has 0 aromatic rings. The van der Waals surface area contributed by atoms with Gasteiger partial charge in [-0.15, -0.1) is 12.6 Å². The van der Waals surface area contributed by atoms with Gasteiger partial charge in [0.05, 0.1) is 0 Å². The van der Waals surface area contributed by atoms with Gasteiger partial charge in [-0.05, 0) is 0 Å². The molecule has 0 spiro atoms. The van der Waals surface area contributed by atoms with Crippen LogP contribution in [0.4, 0.5) is 0 Å². The summed E-state index contributed by atoms with van der Waals surface area (Å²) in [4.78, 5) is 9.31. The monoisotopic (exact) mass is 132 g/mol. The molecular formula is C2H4FeOS. The van der Waals surface area contributed by atoms with Crippen LogP contribution in [0.3, 0.4) is 0 Å². The molecule has 0 amide bonds. The summed E-state index contributed by atoms with van der Waals surface area (Å²) in [6.07, 6.45) is 0. The Morgan fingerprint density at radius 1 is 1.80 bits per heavy atom. The fourth-order valence-electron chi connectivity index (χ4n) is 0. The van der Waals surface area contributed by atoms with Gasteiger partial charge in [0.2, 0.25) is 0 Å². The van der Waals surface area contributed by atoms with Gasteiger partial charge in [-0.2, -0.15) is 0 Å². The van der Waals surface area contributed by atoms with Crippen molar-refractivity contribution in [2.24, 2.45) is 0 Å². The third-order valence-electron chi connectivity index (χ3n) is 0. The van der Waals surface area contributed by atoms with Crippen LogP contribution in [0.2, 0.25) is 0 Å². The van der Waals surface area contributed by atoms with Gasteiger partial charge in [-0.3, -0.25) is 4.79 Å². The van der Waals surface area contributed by atoms with E-state index in [0.717, 1.165) is 0 Å². The summed E-state index contributed by atoms with van der Waals surface area (Å²) in [5.41, 5.74) is 0. The van der Waals surface area contributed by atoms with E-state index < -0.39 is 0 Å². The molecule has 1 nitrogen and oxygen atoms in total. The average molecular weight is 132 g/mol. The maximum Gasteiger partial charge on any atom is 0.182 e. The summed E-state index contributed by atoms with van der Waals surface area (Å²) >= 11 is 3.33. The number of thiol groups is 1. The standard InChI is InChI=1S/C2H4OS.Fe/c1-2(3)4;/h1H3,(H,3,4);. The van der Waals surface area contributed by atoms with Gasteiger partial charge in [0.1, 0.15) is 0 Å². The van der Waals surface area contributed by atoms with Gasteiger partial charge in [0.25, 0.3) is 0 Å². The quantitative estimate of drug-likeness (QED) is 0.374. The molecule has 0 atom stereocenters. The number of rotatable bonds is 0. The minimum Gasteiger partial charge on any atom is -0.288 e. The molecule has 0 aliphatic rings. The van der Waals surface area contributed by atoms with Crippen molar-refractivity contribution < 1.29 is 21.9 Å². The van der Waals surface area contributed by atoms with Crippen LogP contribution in [0.1, 0.15) is 6.92 Å². The van der Waals surface area contributed by atoms with Crippen molar-refractivity contribution in [1.29, 1.82) is 0 Å². The zero-order valence-electron chi connectivity index (χ0n) is 2.71. The number of hydrogen-bond acceptors (Lipinski definition) is 1. The molecule has 0 aliphatic carbocycles. The molecule has 3 heteroatoms. The van der Waals surface area contributed by atoms with Gasteiger partial charge in [0, 0.05) is 24.0 Å². The second-order valence-electron chi connectivity index (χ2n) is 0.519. The van der Waals surface area contributed by atoms with Gasteiger partial charge in [-0.1, -0.05) is 0 Å². The molecule has 32 valence electrons. The normalized spacial score (nSPS) is 5.20. The van der Waals surface area contributed by atoms with Gasteiger partial charge in [0.15, 0.2) is 5.12 Å². The van der Waals surface area contributed by atoms with E-state index in [1.165, 1.54) is 6.92 Å². The Labute approximate surface area is 47.0 Å². The van der Waals surface area contributed by atoms with Crippen molar-refractivity contribution in [3.8, 4) is 0 Å². The van der Waals surface area contributed by atoms with Crippen molar-refractivity contribution in [3.63, 3.8) is 0 Å². The molecule has 0 aliphatic heterocycles. The van der Waals surface area contributed by atoms with E-state index in [2.05, 4.69) is 12.6 Å². The molecule has 0 radical (unpaired) electrons. The SMILES string of the molecule is CC(=O)S.[Fe]. The molecule has 0 saturated heterocycles. The van der Waals surface area contributed by atoms with Crippen molar-refractivity contribution in [3.05, 3.63) is 0 Å². The molecule has 0 aromatic carbocycles. The first-order valence-electron chi connectivity index (χ1n) is 0.928.